The lowest BCUT2D eigenvalue weighted by Crippen LogP contribution is -2.13. The van der Waals surface area contributed by atoms with Gasteiger partial charge in [-0.25, -0.2) is 4.98 Å². The minimum absolute atomic E-state index is 0.0403. The van der Waals surface area contributed by atoms with E-state index >= 15 is 0 Å². The Hall–Kier alpha value is -3.79. The Balaban J connectivity index is 1.72. The molecule has 0 unspecified atom stereocenters. The fourth-order valence-electron chi connectivity index (χ4n) is 2.32. The summed E-state index contributed by atoms with van der Waals surface area (Å²) in [5.74, 6) is -0.0786. The predicted molar refractivity (Wildman–Crippen MR) is 104 cm³/mol. The van der Waals surface area contributed by atoms with Crippen LogP contribution < -0.4 is 9.50 Å². The van der Waals surface area contributed by atoms with Crippen LogP contribution in [0.3, 0.4) is 0 Å². The van der Waals surface area contributed by atoms with E-state index in [4.69, 9.17) is 4.18 Å². The molecule has 1 amide bonds. The van der Waals surface area contributed by atoms with Gasteiger partial charge < -0.3 is 9.50 Å². The molecule has 1 aromatic heterocycles. The van der Waals surface area contributed by atoms with Crippen LogP contribution in [0.1, 0.15) is 15.9 Å². The second kappa shape index (κ2) is 8.07. The van der Waals surface area contributed by atoms with Gasteiger partial charge in [-0.05, 0) is 48.9 Å². The third kappa shape index (κ3) is 4.93. The first kappa shape index (κ1) is 20.0. The highest BCUT2D eigenvalue weighted by Gasteiger charge is 2.20. The molecule has 9 nitrogen and oxygen atoms in total. The lowest BCUT2D eigenvalue weighted by atomic mass is 10.2. The van der Waals surface area contributed by atoms with Crippen LogP contribution in [0.4, 0.5) is 11.5 Å². The van der Waals surface area contributed by atoms with Gasteiger partial charge in [0, 0.05) is 23.9 Å². The number of nitro benzene ring substituents is 1. The van der Waals surface area contributed by atoms with Crippen molar-refractivity contribution < 1.29 is 22.3 Å². The average Bonchev–Trinajstić information content (AvgIpc) is 2.70. The minimum atomic E-state index is -4.27. The summed E-state index contributed by atoms with van der Waals surface area (Å²) >= 11 is 0. The highest BCUT2D eigenvalue weighted by Crippen LogP contribution is 2.22. The molecular weight excluding hydrogens is 398 g/mol. The van der Waals surface area contributed by atoms with E-state index in [2.05, 4.69) is 10.3 Å². The lowest BCUT2D eigenvalue weighted by molar-refractivity contribution is -0.385. The number of nitro groups is 1. The third-order valence-corrected chi connectivity index (χ3v) is 5.04. The van der Waals surface area contributed by atoms with Gasteiger partial charge in [0.15, 0.2) is 0 Å². The zero-order valence-corrected chi connectivity index (χ0v) is 15.9. The van der Waals surface area contributed by atoms with E-state index in [0.29, 0.717) is 5.82 Å². The molecular formula is C19H15N3O6S. The third-order valence-electron chi connectivity index (χ3n) is 3.79. The molecule has 3 rings (SSSR count). The van der Waals surface area contributed by atoms with Gasteiger partial charge in [0.2, 0.25) is 0 Å². The monoisotopic (exact) mass is 413 g/mol. The second-order valence-corrected chi connectivity index (χ2v) is 7.54. The van der Waals surface area contributed by atoms with Crippen LogP contribution in [0.15, 0.2) is 71.8 Å². The number of rotatable bonds is 6. The second-order valence-electron chi connectivity index (χ2n) is 5.99. The fourth-order valence-corrected chi connectivity index (χ4v) is 3.29. The molecule has 0 aliphatic rings. The minimum Gasteiger partial charge on any atom is -0.379 e. The molecule has 0 atom stereocenters. The van der Waals surface area contributed by atoms with E-state index < -0.39 is 20.9 Å². The summed E-state index contributed by atoms with van der Waals surface area (Å²) in [6, 6.07) is 13.4. The number of pyridine rings is 1. The van der Waals surface area contributed by atoms with Crippen molar-refractivity contribution >= 4 is 27.5 Å². The van der Waals surface area contributed by atoms with Crippen LogP contribution in [0.5, 0.6) is 5.75 Å². The number of non-ortho nitro benzene ring substituents is 1. The Morgan fingerprint density at radius 2 is 1.83 bits per heavy atom. The van der Waals surface area contributed by atoms with E-state index in [1.165, 1.54) is 42.5 Å². The van der Waals surface area contributed by atoms with Gasteiger partial charge in [0.05, 0.1) is 4.92 Å². The van der Waals surface area contributed by atoms with Crippen molar-refractivity contribution in [3.63, 3.8) is 0 Å². The molecule has 0 saturated carbocycles. The SMILES string of the molecule is Cc1ccc(NC(=O)c2ccc(OS(=O)(=O)c3cccc([N+](=O)[O-])c3)cc2)nc1. The Kier molecular flexibility index (Phi) is 5.55. The molecule has 0 saturated heterocycles. The lowest BCUT2D eigenvalue weighted by Gasteiger charge is -2.08. The molecule has 0 bridgehead atoms. The maximum absolute atomic E-state index is 12.3. The Morgan fingerprint density at radius 3 is 2.45 bits per heavy atom. The molecule has 3 aromatic rings. The number of carbonyl (C=O) groups excluding carboxylic acids is 1. The van der Waals surface area contributed by atoms with E-state index in [-0.39, 0.29) is 21.9 Å². The van der Waals surface area contributed by atoms with Crippen LogP contribution in [-0.2, 0) is 10.1 Å². The number of nitrogens with zero attached hydrogens (tertiary/aromatic N) is 2. The predicted octanol–water partition coefficient (Wildman–Crippen LogP) is 3.32. The summed E-state index contributed by atoms with van der Waals surface area (Å²) in [6.07, 6.45) is 1.62. The van der Waals surface area contributed by atoms with E-state index in [9.17, 15) is 23.3 Å². The van der Waals surface area contributed by atoms with Crippen molar-refractivity contribution in [2.45, 2.75) is 11.8 Å². The highest BCUT2D eigenvalue weighted by atomic mass is 32.2. The fraction of sp³-hybridized carbons (Fsp3) is 0.0526. The van der Waals surface area contributed by atoms with Crippen LogP contribution in [0.25, 0.3) is 0 Å². The Labute approximate surface area is 166 Å². The number of carbonyl (C=O) groups is 1. The van der Waals surface area contributed by atoms with Crippen molar-refractivity contribution in [3.8, 4) is 5.75 Å². The van der Waals surface area contributed by atoms with Gasteiger partial charge in [0.1, 0.15) is 16.5 Å². The first-order valence-corrected chi connectivity index (χ1v) is 9.68. The van der Waals surface area contributed by atoms with Gasteiger partial charge in [-0.2, -0.15) is 8.42 Å². The largest absolute Gasteiger partial charge is 0.379 e. The number of aromatic nitrogens is 1. The molecule has 0 radical (unpaired) electrons. The van der Waals surface area contributed by atoms with E-state index in [1.54, 1.807) is 18.3 Å². The van der Waals surface area contributed by atoms with Gasteiger partial charge in [0.25, 0.3) is 11.6 Å². The van der Waals surface area contributed by atoms with Crippen LogP contribution >= 0.6 is 0 Å². The van der Waals surface area contributed by atoms with E-state index in [0.717, 1.165) is 11.6 Å². The smallest absolute Gasteiger partial charge is 0.339 e. The van der Waals surface area contributed by atoms with Crippen LogP contribution in [0, 0.1) is 17.0 Å². The number of hydrogen-bond donors (Lipinski definition) is 1. The number of aryl methyl sites for hydroxylation is 1. The van der Waals surface area contributed by atoms with Gasteiger partial charge in [-0.3, -0.25) is 14.9 Å². The Morgan fingerprint density at radius 1 is 1.10 bits per heavy atom. The number of anilines is 1. The topological polar surface area (TPSA) is 128 Å². The summed E-state index contributed by atoms with van der Waals surface area (Å²) in [5, 5.41) is 13.4. The van der Waals surface area contributed by atoms with Gasteiger partial charge in [-0.1, -0.05) is 12.1 Å². The molecule has 0 spiro atoms. The normalized spacial score (nSPS) is 10.9. The summed E-state index contributed by atoms with van der Waals surface area (Å²) in [5.41, 5.74) is 0.855. The molecule has 2 aromatic carbocycles. The summed E-state index contributed by atoms with van der Waals surface area (Å²) in [6.45, 7) is 1.87. The van der Waals surface area contributed by atoms with Crippen LogP contribution in [0.2, 0.25) is 0 Å². The van der Waals surface area contributed by atoms with Crippen molar-refractivity contribution in [2.75, 3.05) is 5.32 Å². The average molecular weight is 413 g/mol. The molecule has 1 N–H and O–H groups in total. The maximum atomic E-state index is 12.3. The quantitative estimate of drug-likeness (QED) is 0.373. The molecule has 0 fully saturated rings. The number of nitrogens with one attached hydrogen (secondary N) is 1. The van der Waals surface area contributed by atoms with Crippen molar-refractivity contribution in [1.82, 2.24) is 4.98 Å². The number of benzene rings is 2. The summed E-state index contributed by atoms with van der Waals surface area (Å²) < 4.78 is 29.7. The number of amides is 1. The van der Waals surface area contributed by atoms with Gasteiger partial charge >= 0.3 is 10.1 Å². The zero-order valence-electron chi connectivity index (χ0n) is 15.1. The maximum Gasteiger partial charge on any atom is 0.339 e. The molecule has 0 aliphatic heterocycles. The van der Waals surface area contributed by atoms with Crippen molar-refractivity contribution in [2.24, 2.45) is 0 Å². The molecule has 0 aliphatic carbocycles. The van der Waals surface area contributed by atoms with Gasteiger partial charge in [-0.15, -0.1) is 0 Å². The summed E-state index contributed by atoms with van der Waals surface area (Å²) in [4.78, 5) is 26.1. The standard InChI is InChI=1S/C19H15N3O6S/c1-13-5-10-18(20-12-13)21-19(23)14-6-8-16(9-7-14)28-29(26,27)17-4-2-3-15(11-17)22(24)25/h2-12H,1H3,(H,20,21,23). The number of hydrogen-bond acceptors (Lipinski definition) is 7. The summed E-state index contributed by atoms with van der Waals surface area (Å²) in [7, 11) is -4.27. The van der Waals surface area contributed by atoms with E-state index in [1.807, 2.05) is 6.92 Å². The van der Waals surface area contributed by atoms with Crippen molar-refractivity contribution in [3.05, 3.63) is 88.1 Å². The Bertz CT molecular complexity index is 1160. The first-order valence-electron chi connectivity index (χ1n) is 8.28. The highest BCUT2D eigenvalue weighted by molar-refractivity contribution is 7.87. The zero-order chi connectivity index (χ0) is 21.0. The molecule has 10 heteroatoms. The first-order chi connectivity index (χ1) is 13.7. The molecule has 148 valence electrons. The molecule has 1 heterocycles. The van der Waals surface area contributed by atoms with Crippen molar-refractivity contribution in [1.29, 1.82) is 0 Å². The molecule has 29 heavy (non-hydrogen) atoms. The van der Waals surface area contributed by atoms with Crippen LogP contribution in [-0.4, -0.2) is 24.2 Å².